The molecule has 0 aliphatic heterocycles. The lowest BCUT2D eigenvalue weighted by Gasteiger charge is -2.66. The molecule has 5 aliphatic rings. The van der Waals surface area contributed by atoms with Crippen molar-refractivity contribution in [2.24, 2.45) is 51.2 Å². The number of hydrogen-bond acceptors (Lipinski definition) is 4. The molecule has 0 aromatic heterocycles. The third-order valence-electron chi connectivity index (χ3n) is 11.4. The van der Waals surface area contributed by atoms with Crippen molar-refractivity contribution in [3.8, 4) is 6.07 Å². The van der Waals surface area contributed by atoms with Crippen LogP contribution in [0.4, 0.5) is 0 Å². The van der Waals surface area contributed by atoms with Crippen LogP contribution < -0.4 is 0 Å². The first-order valence-electron chi connectivity index (χ1n) is 13.1. The molecule has 0 aromatic carbocycles. The summed E-state index contributed by atoms with van der Waals surface area (Å²) >= 11 is 0. The van der Waals surface area contributed by atoms with Crippen LogP contribution in [0.5, 0.6) is 0 Å². The second kappa shape index (κ2) is 7.28. The fourth-order valence-electron chi connectivity index (χ4n) is 9.46. The lowest BCUT2D eigenvalue weighted by molar-refractivity contribution is -0.171. The maximum Gasteiger partial charge on any atom is 0.176 e. The Morgan fingerprint density at radius 2 is 1.79 bits per heavy atom. The van der Waals surface area contributed by atoms with E-state index in [2.05, 4.69) is 39.8 Å². The van der Waals surface area contributed by atoms with Crippen molar-refractivity contribution in [1.82, 2.24) is 0 Å². The summed E-state index contributed by atoms with van der Waals surface area (Å²) < 4.78 is 0. The van der Waals surface area contributed by atoms with Gasteiger partial charge in [0.1, 0.15) is 6.07 Å². The molecule has 0 bridgehead atoms. The zero-order valence-corrected chi connectivity index (χ0v) is 21.0. The highest BCUT2D eigenvalue weighted by atomic mass is 16.3. The third kappa shape index (κ3) is 3.04. The molecule has 9 atom stereocenters. The predicted molar refractivity (Wildman–Crippen MR) is 128 cm³/mol. The van der Waals surface area contributed by atoms with E-state index in [0.29, 0.717) is 17.4 Å². The molecule has 4 heteroatoms. The van der Waals surface area contributed by atoms with E-state index >= 15 is 0 Å². The number of nitrogens with zero attached hydrogens (tertiary/aromatic N) is 1. The van der Waals surface area contributed by atoms with Gasteiger partial charge in [-0.3, -0.25) is 4.79 Å². The summed E-state index contributed by atoms with van der Waals surface area (Å²) in [5.74, 6) is 0.825. The Balaban J connectivity index is 1.62. The highest BCUT2D eigenvalue weighted by Gasteiger charge is 2.64. The Morgan fingerprint density at radius 3 is 2.45 bits per heavy atom. The van der Waals surface area contributed by atoms with E-state index in [-0.39, 0.29) is 51.8 Å². The monoisotopic (exact) mass is 451 g/mol. The molecule has 0 heterocycles. The van der Waals surface area contributed by atoms with Crippen molar-refractivity contribution in [3.63, 3.8) is 0 Å². The average molecular weight is 452 g/mol. The molecule has 0 saturated heterocycles. The van der Waals surface area contributed by atoms with Crippen LogP contribution in [0.25, 0.3) is 0 Å². The molecular weight excluding hydrogens is 410 g/mol. The Morgan fingerprint density at radius 1 is 1.09 bits per heavy atom. The smallest absolute Gasteiger partial charge is 0.176 e. The highest BCUT2D eigenvalue weighted by molar-refractivity contribution is 6.02. The predicted octanol–water partition coefficient (Wildman–Crippen LogP) is 5.21. The maximum atomic E-state index is 12.8. The lowest BCUT2D eigenvalue weighted by Crippen LogP contribution is -2.62. The average Bonchev–Trinajstić information content (AvgIpc) is 2.76. The van der Waals surface area contributed by atoms with Crippen molar-refractivity contribution < 1.29 is 15.0 Å². The molecule has 5 aliphatic carbocycles. The topological polar surface area (TPSA) is 81.3 Å². The van der Waals surface area contributed by atoms with Crippen LogP contribution in [0.3, 0.4) is 0 Å². The Kier molecular flexibility index (Phi) is 5.14. The van der Waals surface area contributed by atoms with Gasteiger partial charge >= 0.3 is 0 Å². The number of carbonyl (C=O) groups excluding carboxylic acids is 1. The number of Topliss-reactive ketones (excluding diaryl/α,β-unsaturated/α-hetero) is 1. The number of carbonyl (C=O) groups is 1. The Labute approximate surface area is 199 Å². The molecule has 33 heavy (non-hydrogen) atoms. The quantitative estimate of drug-likeness (QED) is 0.536. The number of hydrogen-bond donors (Lipinski definition) is 2. The fourth-order valence-corrected chi connectivity index (χ4v) is 9.46. The van der Waals surface area contributed by atoms with Crippen molar-refractivity contribution >= 4 is 5.78 Å². The van der Waals surface area contributed by atoms with E-state index in [1.54, 1.807) is 0 Å². The van der Waals surface area contributed by atoms with Crippen molar-refractivity contribution in [1.29, 1.82) is 5.26 Å². The summed E-state index contributed by atoms with van der Waals surface area (Å²) in [6.45, 7) is 11.5. The SMILES string of the molecule is CC1C(=O)C(C#N)=CC2(C)C3=CC(O)C4C5CC(C)(C)CCC5(CO)CCC4(C)C3CCC12. The van der Waals surface area contributed by atoms with Crippen molar-refractivity contribution in [2.45, 2.75) is 85.7 Å². The van der Waals surface area contributed by atoms with E-state index in [4.69, 9.17) is 0 Å². The molecule has 9 unspecified atom stereocenters. The molecule has 0 amide bonds. The van der Waals surface area contributed by atoms with Crippen molar-refractivity contribution in [3.05, 3.63) is 23.3 Å². The highest BCUT2D eigenvalue weighted by Crippen LogP contribution is 2.70. The third-order valence-corrected chi connectivity index (χ3v) is 11.4. The number of aliphatic hydroxyl groups is 2. The van der Waals surface area contributed by atoms with Crippen LogP contribution in [0.2, 0.25) is 0 Å². The second-order valence-corrected chi connectivity index (χ2v) is 13.5. The first kappa shape index (κ1) is 23.3. The van der Waals surface area contributed by atoms with Gasteiger partial charge in [0.15, 0.2) is 5.78 Å². The summed E-state index contributed by atoms with van der Waals surface area (Å²) in [5, 5.41) is 32.0. The number of aliphatic hydroxyl groups excluding tert-OH is 2. The minimum absolute atomic E-state index is 0.0192. The molecule has 180 valence electrons. The second-order valence-electron chi connectivity index (χ2n) is 13.5. The molecule has 0 spiro atoms. The van der Waals surface area contributed by atoms with Gasteiger partial charge in [-0.15, -0.1) is 0 Å². The molecule has 2 N–H and O–H groups in total. The minimum atomic E-state index is -0.547. The van der Waals surface area contributed by atoms with Gasteiger partial charge in [-0.25, -0.2) is 0 Å². The maximum absolute atomic E-state index is 12.8. The van der Waals surface area contributed by atoms with Gasteiger partial charge in [0, 0.05) is 17.9 Å². The fraction of sp³-hybridized carbons (Fsp3) is 0.793. The van der Waals surface area contributed by atoms with Gasteiger partial charge < -0.3 is 10.2 Å². The number of nitriles is 1. The van der Waals surface area contributed by atoms with Crippen LogP contribution in [-0.2, 0) is 4.79 Å². The summed E-state index contributed by atoms with van der Waals surface area (Å²) in [6.07, 6.45) is 10.9. The van der Waals surface area contributed by atoms with E-state index in [1.807, 2.05) is 13.0 Å². The minimum Gasteiger partial charge on any atom is -0.396 e. The van der Waals surface area contributed by atoms with Crippen molar-refractivity contribution in [2.75, 3.05) is 6.61 Å². The van der Waals surface area contributed by atoms with Gasteiger partial charge in [0.05, 0.1) is 11.7 Å². The molecule has 0 radical (unpaired) electrons. The summed E-state index contributed by atoms with van der Waals surface area (Å²) in [6, 6.07) is 2.17. The standard InChI is InChI=1S/C29H41NO3/c1-17-19-6-7-20-21(28(19,5)13-18(15-30)25(17)33)12-23(32)24-22-14-26(2,3)8-10-29(22,16-31)11-9-27(20,24)4/h12-13,17,19-20,22-24,31-32H,6-11,14,16H2,1-5H3. The van der Waals surface area contributed by atoms with Gasteiger partial charge in [0.2, 0.25) is 0 Å². The molecule has 5 rings (SSSR count). The molecular formula is C29H41NO3. The van der Waals surface area contributed by atoms with Gasteiger partial charge in [0.25, 0.3) is 0 Å². The van der Waals surface area contributed by atoms with Crippen LogP contribution in [0.15, 0.2) is 23.3 Å². The summed E-state index contributed by atoms with van der Waals surface area (Å²) in [7, 11) is 0. The number of allylic oxidation sites excluding steroid dienone is 3. The van der Waals surface area contributed by atoms with Gasteiger partial charge in [-0.05, 0) is 84.9 Å². The summed E-state index contributed by atoms with van der Waals surface area (Å²) in [4.78, 5) is 12.8. The largest absolute Gasteiger partial charge is 0.396 e. The van der Waals surface area contributed by atoms with E-state index in [9.17, 15) is 20.3 Å². The zero-order chi connectivity index (χ0) is 24.0. The lowest BCUT2D eigenvalue weighted by atomic mass is 9.38. The van der Waals surface area contributed by atoms with Gasteiger partial charge in [-0.2, -0.15) is 5.26 Å². The van der Waals surface area contributed by atoms with E-state index < -0.39 is 6.10 Å². The number of ketones is 1. The molecule has 0 aromatic rings. The molecule has 3 fully saturated rings. The Bertz CT molecular complexity index is 972. The normalized spacial score (nSPS) is 50.5. The molecule has 3 saturated carbocycles. The van der Waals surface area contributed by atoms with Crippen LogP contribution >= 0.6 is 0 Å². The van der Waals surface area contributed by atoms with E-state index in [0.717, 1.165) is 44.9 Å². The number of fused-ring (bicyclic) bond motifs is 7. The first-order chi connectivity index (χ1) is 15.4. The zero-order valence-electron chi connectivity index (χ0n) is 21.0. The molecule has 4 nitrogen and oxygen atoms in total. The van der Waals surface area contributed by atoms with Crippen LogP contribution in [0, 0.1) is 62.6 Å². The number of rotatable bonds is 1. The summed E-state index contributed by atoms with van der Waals surface area (Å²) in [5.41, 5.74) is 1.35. The van der Waals surface area contributed by atoms with E-state index in [1.165, 1.54) is 5.57 Å². The van der Waals surface area contributed by atoms with Gasteiger partial charge in [-0.1, -0.05) is 52.3 Å². The Hall–Kier alpha value is -1.44. The van der Waals surface area contributed by atoms with Crippen LogP contribution in [-0.4, -0.2) is 28.7 Å². The van der Waals surface area contributed by atoms with Crippen LogP contribution in [0.1, 0.15) is 79.6 Å². The first-order valence-corrected chi connectivity index (χ1v) is 13.1.